The SMILES string of the molecule is CCCC1=NN2C(=N)/C(=C/c3ccc(OC(=O)c4ccc(F)cc4)c(OC)c3)C(=O)N=C2S1. The van der Waals surface area contributed by atoms with Gasteiger partial charge in [-0.3, -0.25) is 10.2 Å². The number of fused-ring (bicyclic) bond motifs is 1. The predicted octanol–water partition coefficient (Wildman–Crippen LogP) is 4.47. The number of carbonyl (C=O) groups excluding carboxylic acids is 2. The van der Waals surface area contributed by atoms with E-state index in [-0.39, 0.29) is 28.5 Å². The molecule has 10 heteroatoms. The Balaban J connectivity index is 1.57. The molecule has 1 amide bonds. The standard InChI is InChI=1S/C23H19FN4O4S/c1-3-4-19-27-28-20(25)16(21(29)26-23(28)33-19)11-13-5-10-17(18(12-13)31-2)32-22(30)14-6-8-15(24)9-7-14/h5-12,25H,3-4H2,1-2H3/b16-11-,25-20?. The van der Waals surface area contributed by atoms with Gasteiger partial charge in [0.25, 0.3) is 5.91 Å². The summed E-state index contributed by atoms with van der Waals surface area (Å²) in [5.41, 5.74) is 0.815. The predicted molar refractivity (Wildman–Crippen MR) is 124 cm³/mol. The molecular weight excluding hydrogens is 447 g/mol. The minimum absolute atomic E-state index is 0.0608. The topological polar surface area (TPSA) is 104 Å². The molecule has 0 unspecified atom stereocenters. The van der Waals surface area contributed by atoms with Gasteiger partial charge in [0.1, 0.15) is 10.9 Å². The molecule has 0 saturated heterocycles. The summed E-state index contributed by atoms with van der Waals surface area (Å²) in [5.74, 6) is -1.31. The van der Waals surface area contributed by atoms with Crippen LogP contribution in [0.2, 0.25) is 0 Å². The van der Waals surface area contributed by atoms with E-state index in [9.17, 15) is 14.0 Å². The zero-order chi connectivity index (χ0) is 23.5. The number of hydrogen-bond donors (Lipinski definition) is 1. The first kappa shape index (κ1) is 22.4. The lowest BCUT2D eigenvalue weighted by Gasteiger charge is -2.20. The third-order valence-corrected chi connectivity index (χ3v) is 5.71. The average molecular weight is 466 g/mol. The maximum Gasteiger partial charge on any atom is 0.343 e. The van der Waals surface area contributed by atoms with Crippen LogP contribution in [0, 0.1) is 11.2 Å². The summed E-state index contributed by atoms with van der Waals surface area (Å²) in [6, 6.07) is 9.69. The van der Waals surface area contributed by atoms with E-state index in [1.165, 1.54) is 60.3 Å². The van der Waals surface area contributed by atoms with Crippen molar-refractivity contribution in [1.82, 2.24) is 5.01 Å². The van der Waals surface area contributed by atoms with E-state index in [1.54, 1.807) is 12.1 Å². The van der Waals surface area contributed by atoms with Crippen molar-refractivity contribution in [2.24, 2.45) is 10.1 Å². The van der Waals surface area contributed by atoms with E-state index in [2.05, 4.69) is 10.1 Å². The van der Waals surface area contributed by atoms with Gasteiger partial charge in [-0.1, -0.05) is 13.0 Å². The second-order valence-electron chi connectivity index (χ2n) is 7.07. The van der Waals surface area contributed by atoms with Crippen LogP contribution in [0.1, 0.15) is 35.7 Å². The molecule has 33 heavy (non-hydrogen) atoms. The van der Waals surface area contributed by atoms with Gasteiger partial charge in [0, 0.05) is 0 Å². The van der Waals surface area contributed by atoms with E-state index in [0.717, 1.165) is 17.9 Å². The molecule has 8 nitrogen and oxygen atoms in total. The van der Waals surface area contributed by atoms with Crippen LogP contribution < -0.4 is 9.47 Å². The number of amidine groups is 2. The minimum Gasteiger partial charge on any atom is -0.493 e. The summed E-state index contributed by atoms with van der Waals surface area (Å²) in [6.45, 7) is 2.03. The maximum absolute atomic E-state index is 13.1. The number of methoxy groups -OCH3 is 1. The van der Waals surface area contributed by atoms with Gasteiger partial charge in [0.2, 0.25) is 5.17 Å². The molecule has 0 bridgehead atoms. The Hall–Kier alpha value is -3.79. The number of esters is 1. The minimum atomic E-state index is -0.669. The Bertz CT molecular complexity index is 1240. The number of benzene rings is 2. The van der Waals surface area contributed by atoms with Gasteiger partial charge in [0.05, 0.1) is 18.2 Å². The summed E-state index contributed by atoms with van der Waals surface area (Å²) in [6.07, 6.45) is 3.15. The molecule has 0 spiro atoms. The van der Waals surface area contributed by atoms with Crippen LogP contribution in [-0.2, 0) is 4.79 Å². The number of aliphatic imine (C=N–C) groups is 1. The van der Waals surface area contributed by atoms with Crippen LogP contribution in [-0.4, -0.2) is 40.0 Å². The molecule has 2 heterocycles. The molecule has 2 aliphatic heterocycles. The molecule has 0 aliphatic carbocycles. The Labute approximate surface area is 193 Å². The molecule has 0 fully saturated rings. The second kappa shape index (κ2) is 9.37. The smallest absolute Gasteiger partial charge is 0.343 e. The molecule has 4 rings (SSSR count). The molecule has 0 radical (unpaired) electrons. The molecule has 0 saturated carbocycles. The largest absolute Gasteiger partial charge is 0.493 e. The van der Waals surface area contributed by atoms with Gasteiger partial charge in [-0.15, -0.1) is 0 Å². The summed E-state index contributed by atoms with van der Waals surface area (Å²) in [5, 5.41) is 15.4. The van der Waals surface area contributed by atoms with Crippen molar-refractivity contribution in [2.75, 3.05) is 7.11 Å². The number of amides is 1. The highest BCUT2D eigenvalue weighted by molar-refractivity contribution is 8.26. The third-order valence-electron chi connectivity index (χ3n) is 4.74. The van der Waals surface area contributed by atoms with Gasteiger partial charge < -0.3 is 9.47 Å². The summed E-state index contributed by atoms with van der Waals surface area (Å²) in [4.78, 5) is 28.9. The molecule has 2 aliphatic rings. The molecule has 0 aromatic heterocycles. The number of ether oxygens (including phenoxy) is 2. The Morgan fingerprint density at radius 2 is 1.97 bits per heavy atom. The Morgan fingerprint density at radius 1 is 1.21 bits per heavy atom. The zero-order valence-corrected chi connectivity index (χ0v) is 18.6. The molecular formula is C23H19FN4O4S. The quantitative estimate of drug-likeness (QED) is 0.383. The normalized spacial score (nSPS) is 16.5. The van der Waals surface area contributed by atoms with E-state index >= 15 is 0 Å². The first-order chi connectivity index (χ1) is 15.9. The van der Waals surface area contributed by atoms with E-state index < -0.39 is 17.7 Å². The Kier molecular flexibility index (Phi) is 6.36. The number of thioether (sulfide) groups is 1. The van der Waals surface area contributed by atoms with Gasteiger partial charge in [-0.2, -0.15) is 15.1 Å². The third kappa shape index (κ3) is 4.70. The lowest BCUT2D eigenvalue weighted by molar-refractivity contribution is -0.114. The lowest BCUT2D eigenvalue weighted by atomic mass is 10.1. The highest BCUT2D eigenvalue weighted by atomic mass is 32.2. The van der Waals surface area contributed by atoms with Crippen molar-refractivity contribution in [3.63, 3.8) is 0 Å². The van der Waals surface area contributed by atoms with Gasteiger partial charge in [-0.25, -0.2) is 9.18 Å². The van der Waals surface area contributed by atoms with Crippen LogP contribution in [0.5, 0.6) is 11.5 Å². The number of hydrogen-bond acceptors (Lipinski definition) is 7. The van der Waals surface area contributed by atoms with Crippen LogP contribution in [0.25, 0.3) is 6.08 Å². The van der Waals surface area contributed by atoms with E-state index in [0.29, 0.717) is 10.7 Å². The highest BCUT2D eigenvalue weighted by Crippen LogP contribution is 2.32. The zero-order valence-electron chi connectivity index (χ0n) is 17.8. The van der Waals surface area contributed by atoms with Crippen LogP contribution in [0.3, 0.4) is 0 Å². The summed E-state index contributed by atoms with van der Waals surface area (Å²) in [7, 11) is 1.41. The van der Waals surface area contributed by atoms with E-state index in [1.807, 2.05) is 6.92 Å². The maximum atomic E-state index is 13.1. The van der Waals surface area contributed by atoms with Crippen molar-refractivity contribution >= 4 is 45.8 Å². The van der Waals surface area contributed by atoms with Gasteiger partial charge in [-0.05, 0) is 72.6 Å². The van der Waals surface area contributed by atoms with Crippen molar-refractivity contribution in [3.05, 3.63) is 65.0 Å². The van der Waals surface area contributed by atoms with Gasteiger partial charge in [0.15, 0.2) is 17.3 Å². The van der Waals surface area contributed by atoms with E-state index in [4.69, 9.17) is 14.9 Å². The lowest BCUT2D eigenvalue weighted by Crippen LogP contribution is -2.35. The van der Waals surface area contributed by atoms with Crippen molar-refractivity contribution in [3.8, 4) is 11.5 Å². The number of nitrogens with zero attached hydrogens (tertiary/aromatic N) is 3. The fourth-order valence-electron chi connectivity index (χ4n) is 3.12. The van der Waals surface area contributed by atoms with Crippen molar-refractivity contribution < 1.29 is 23.5 Å². The van der Waals surface area contributed by atoms with Crippen molar-refractivity contribution in [1.29, 1.82) is 5.41 Å². The fraction of sp³-hybridized carbons (Fsp3) is 0.174. The van der Waals surface area contributed by atoms with Gasteiger partial charge >= 0.3 is 5.97 Å². The second-order valence-corrected chi connectivity index (χ2v) is 8.11. The highest BCUT2D eigenvalue weighted by Gasteiger charge is 2.35. The molecule has 168 valence electrons. The summed E-state index contributed by atoms with van der Waals surface area (Å²) >= 11 is 1.30. The number of carbonyl (C=O) groups is 2. The number of hydrazone groups is 1. The number of nitrogens with one attached hydrogen (secondary N) is 1. The van der Waals surface area contributed by atoms with Crippen LogP contribution in [0.15, 0.2) is 58.1 Å². The number of rotatable bonds is 6. The first-order valence-corrected chi connectivity index (χ1v) is 10.9. The molecule has 0 atom stereocenters. The van der Waals surface area contributed by atoms with Crippen molar-refractivity contribution in [2.45, 2.75) is 19.8 Å². The number of halogens is 1. The average Bonchev–Trinajstić information content (AvgIpc) is 3.20. The monoisotopic (exact) mass is 466 g/mol. The molecule has 2 aromatic carbocycles. The van der Waals surface area contributed by atoms with Crippen LogP contribution in [0.4, 0.5) is 4.39 Å². The first-order valence-electron chi connectivity index (χ1n) is 10.0. The molecule has 2 aromatic rings. The molecule has 1 N–H and O–H groups in total. The fourth-order valence-corrected chi connectivity index (χ4v) is 4.10. The van der Waals surface area contributed by atoms with Crippen LogP contribution >= 0.6 is 11.8 Å². The summed E-state index contributed by atoms with van der Waals surface area (Å²) < 4.78 is 23.8. The Morgan fingerprint density at radius 3 is 2.67 bits per heavy atom.